The van der Waals surface area contributed by atoms with Crippen molar-refractivity contribution < 1.29 is 43.7 Å². The van der Waals surface area contributed by atoms with E-state index in [-0.39, 0.29) is 63.5 Å². The quantitative estimate of drug-likeness (QED) is 0.0499. The highest BCUT2D eigenvalue weighted by molar-refractivity contribution is 7.15. The average molecular weight is 1060 g/mol. The summed E-state index contributed by atoms with van der Waals surface area (Å²) in [6.45, 7) is 15.1. The number of likely N-dealkylation sites (tertiary alicyclic amines) is 1. The second kappa shape index (κ2) is 23.2. The molecule has 1 saturated heterocycles. The van der Waals surface area contributed by atoms with E-state index >= 15 is 0 Å². The van der Waals surface area contributed by atoms with Gasteiger partial charge in [-0.3, -0.25) is 33.5 Å². The van der Waals surface area contributed by atoms with Crippen LogP contribution in [0.3, 0.4) is 0 Å². The van der Waals surface area contributed by atoms with Crippen LogP contribution in [-0.2, 0) is 35.1 Å². The number of carboxylic acids is 1. The number of β-amino-alcohol motifs (C(OH)–C–C–N with tert-alkyl or cyclic N) is 1. The van der Waals surface area contributed by atoms with Crippen LogP contribution < -0.4 is 20.7 Å². The smallest absolute Gasteiger partial charge is 0.306 e. The topological polar surface area (TPSA) is 240 Å². The molecule has 18 nitrogen and oxygen atoms in total. The molecule has 0 unspecified atom stereocenters. The Balaban J connectivity index is 0.770. The number of thiophene rings is 1. The van der Waals surface area contributed by atoms with E-state index in [1.165, 1.54) is 4.90 Å². The molecule has 6 aromatic rings. The van der Waals surface area contributed by atoms with Crippen LogP contribution in [0, 0.1) is 33.1 Å². The summed E-state index contributed by atoms with van der Waals surface area (Å²) in [6, 6.07) is 19.6. The Morgan fingerprint density at radius 1 is 0.880 bits per heavy atom. The van der Waals surface area contributed by atoms with Crippen LogP contribution in [0.2, 0.25) is 0 Å². The summed E-state index contributed by atoms with van der Waals surface area (Å²) in [7, 11) is 0. The van der Waals surface area contributed by atoms with Crippen LogP contribution >= 0.6 is 22.7 Å². The molecule has 5 N–H and O–H groups in total. The van der Waals surface area contributed by atoms with Crippen molar-refractivity contribution in [3.8, 4) is 21.2 Å². The number of benzene rings is 3. The van der Waals surface area contributed by atoms with Crippen LogP contribution in [0.4, 0.5) is 5.69 Å². The molecule has 0 spiro atoms. The zero-order chi connectivity index (χ0) is 53.7. The number of hydrogen-bond donors (Lipinski definition) is 5. The van der Waals surface area contributed by atoms with Gasteiger partial charge in [0.1, 0.15) is 47.9 Å². The maximum atomic E-state index is 14.1. The first-order chi connectivity index (χ1) is 35.7. The SMILES string of the molecule is Cc1ncsc1-c1ccc([C@H](C)NC(=O)[C@@H]2C[C@@H](O)CN2C(=O)[C@@H](NC(=O)COCCOc2ccc(CCC(=O)Nc3ccc(C4=N[C@@H](CC(=O)O)c5nnc(C)n5-c5sc(C)c(C)c54)cc3)cc2)C(C)(C)C)cc1. The van der Waals surface area contributed by atoms with E-state index in [1.807, 2.05) is 126 Å². The van der Waals surface area contributed by atoms with Crippen molar-refractivity contribution >= 4 is 63.7 Å². The van der Waals surface area contributed by atoms with E-state index in [1.54, 1.807) is 34.8 Å². The number of amides is 4. The van der Waals surface area contributed by atoms with Crippen molar-refractivity contribution in [2.24, 2.45) is 10.4 Å². The third kappa shape index (κ3) is 12.7. The fourth-order valence-electron chi connectivity index (χ4n) is 9.24. The van der Waals surface area contributed by atoms with Gasteiger partial charge in [-0.2, -0.15) is 0 Å². The molecule has 8 rings (SSSR count). The van der Waals surface area contributed by atoms with E-state index in [4.69, 9.17) is 14.5 Å². The lowest BCUT2D eigenvalue weighted by Crippen LogP contribution is -2.58. The van der Waals surface area contributed by atoms with Gasteiger partial charge in [-0.1, -0.05) is 69.3 Å². The lowest BCUT2D eigenvalue weighted by atomic mass is 9.85. The number of carbonyl (C=O) groups excluding carboxylic acids is 4. The summed E-state index contributed by atoms with van der Waals surface area (Å²) in [6.07, 6.45) is -0.348. The average Bonchev–Trinajstić information content (AvgIpc) is 4.14. The minimum absolute atomic E-state index is 0.0409. The number of nitrogens with one attached hydrogen (secondary N) is 3. The number of aliphatic hydroxyl groups is 1. The number of thiazole rings is 1. The molecule has 5 atom stereocenters. The maximum absolute atomic E-state index is 14.1. The highest BCUT2D eigenvalue weighted by Crippen LogP contribution is 2.40. The van der Waals surface area contributed by atoms with E-state index < -0.39 is 47.4 Å². The number of aliphatic carboxylic acids is 1. The van der Waals surface area contributed by atoms with Gasteiger partial charge in [0.15, 0.2) is 5.82 Å². The van der Waals surface area contributed by atoms with Crippen molar-refractivity contribution in [2.45, 2.75) is 111 Å². The molecule has 3 aromatic carbocycles. The molecule has 1 fully saturated rings. The Labute approximate surface area is 443 Å². The Morgan fingerprint density at radius 3 is 2.25 bits per heavy atom. The summed E-state index contributed by atoms with van der Waals surface area (Å²) in [4.78, 5) is 78.8. The van der Waals surface area contributed by atoms with Gasteiger partial charge in [-0.25, -0.2) is 4.98 Å². The molecular formula is C55H63N9O9S2. The van der Waals surface area contributed by atoms with E-state index in [0.717, 1.165) is 53.8 Å². The van der Waals surface area contributed by atoms with Gasteiger partial charge < -0.3 is 40.5 Å². The lowest BCUT2D eigenvalue weighted by molar-refractivity contribution is -0.144. The number of aliphatic imine (C=N–C) groups is 1. The first-order valence-electron chi connectivity index (χ1n) is 24.9. The molecule has 2 aliphatic heterocycles. The van der Waals surface area contributed by atoms with Crippen molar-refractivity contribution in [3.63, 3.8) is 0 Å². The van der Waals surface area contributed by atoms with Crippen LogP contribution in [-0.4, -0.2) is 115 Å². The van der Waals surface area contributed by atoms with E-state index in [9.17, 15) is 34.2 Å². The number of anilines is 1. The number of fused-ring (bicyclic) bond motifs is 3. The fourth-order valence-corrected chi connectivity index (χ4v) is 11.3. The first kappa shape index (κ1) is 54.1. The number of aromatic nitrogens is 4. The maximum Gasteiger partial charge on any atom is 0.306 e. The van der Waals surface area contributed by atoms with Gasteiger partial charge in [0, 0.05) is 41.1 Å². The third-order valence-corrected chi connectivity index (χ3v) is 15.6. The zero-order valence-electron chi connectivity index (χ0n) is 43.3. The van der Waals surface area contributed by atoms with Crippen molar-refractivity contribution in [2.75, 3.05) is 31.7 Å². The summed E-state index contributed by atoms with van der Waals surface area (Å²) >= 11 is 3.16. The van der Waals surface area contributed by atoms with Crippen molar-refractivity contribution in [3.05, 3.63) is 128 Å². The molecule has 2 aliphatic rings. The Bertz CT molecular complexity index is 3090. The van der Waals surface area contributed by atoms with Gasteiger partial charge >= 0.3 is 5.97 Å². The van der Waals surface area contributed by atoms with Crippen LogP contribution in [0.5, 0.6) is 5.75 Å². The minimum Gasteiger partial charge on any atom is -0.491 e. The Hall–Kier alpha value is -7.13. The normalized spacial score (nSPS) is 17.0. The van der Waals surface area contributed by atoms with Gasteiger partial charge in [-0.05, 0) is 93.0 Å². The van der Waals surface area contributed by atoms with Gasteiger partial charge in [0.05, 0.1) is 47.0 Å². The van der Waals surface area contributed by atoms with Crippen molar-refractivity contribution in [1.29, 1.82) is 0 Å². The van der Waals surface area contributed by atoms with Gasteiger partial charge in [0.2, 0.25) is 23.6 Å². The Morgan fingerprint density at radius 2 is 1.59 bits per heavy atom. The number of aryl methyl sites for hydroxylation is 4. The summed E-state index contributed by atoms with van der Waals surface area (Å²) < 4.78 is 13.4. The second-order valence-electron chi connectivity index (χ2n) is 20.0. The van der Waals surface area contributed by atoms with E-state index in [0.29, 0.717) is 35.2 Å². The predicted molar refractivity (Wildman–Crippen MR) is 287 cm³/mol. The number of ether oxygens (including phenoxy) is 2. The van der Waals surface area contributed by atoms with Crippen LogP contribution in [0.15, 0.2) is 83.3 Å². The highest BCUT2D eigenvalue weighted by Gasteiger charge is 2.45. The molecule has 4 amide bonds. The largest absolute Gasteiger partial charge is 0.491 e. The molecule has 20 heteroatoms. The standard InChI is InChI=1S/C55H63N9O9S2/c1-30-33(4)75-54-47(30)48(59-42(26-46(68)69)51-62-61-34(5)64(51)54)37-16-18-39(19-17-37)58-44(66)22-11-35-9-20-41(21-10-35)73-24-23-72-28-45(67)60-50(55(6,7)8)53(71)63-27-40(65)25-43(63)52(70)57-31(2)36-12-14-38(15-13-36)49-32(3)56-29-74-49/h9-10,12-21,29,31,40,42-43,50,65H,11,22-28H2,1-8H3,(H,57,70)(H,58,66)(H,60,67)(H,68,69)/t31-,40+,42-,43-,50+/m0/s1. The second-order valence-corrected chi connectivity index (χ2v) is 22.1. The zero-order valence-corrected chi connectivity index (χ0v) is 44.9. The Kier molecular flexibility index (Phi) is 16.7. The van der Waals surface area contributed by atoms with Gasteiger partial charge in [0.25, 0.3) is 0 Å². The molecule has 0 bridgehead atoms. The molecule has 0 radical (unpaired) electrons. The number of hydrogen-bond acceptors (Lipinski definition) is 14. The van der Waals surface area contributed by atoms with Crippen LogP contribution in [0.1, 0.15) is 109 Å². The van der Waals surface area contributed by atoms with E-state index in [2.05, 4.69) is 31.1 Å². The molecule has 5 heterocycles. The number of nitrogens with zero attached hydrogens (tertiary/aromatic N) is 6. The molecule has 394 valence electrons. The fraction of sp³-hybridized carbons (Fsp3) is 0.400. The number of rotatable bonds is 19. The lowest BCUT2D eigenvalue weighted by Gasteiger charge is -2.35. The molecule has 3 aromatic heterocycles. The summed E-state index contributed by atoms with van der Waals surface area (Å²) in [5, 5.41) is 38.7. The number of carboxylic acid groups (broad SMARTS) is 1. The molecule has 0 aliphatic carbocycles. The highest BCUT2D eigenvalue weighted by atomic mass is 32.1. The monoisotopic (exact) mass is 1060 g/mol. The van der Waals surface area contributed by atoms with Crippen molar-refractivity contribution in [1.82, 2.24) is 35.3 Å². The number of aliphatic hydroxyl groups excluding tert-OH is 1. The predicted octanol–water partition coefficient (Wildman–Crippen LogP) is 7.39. The van der Waals surface area contributed by atoms with Crippen LogP contribution in [0.25, 0.3) is 15.4 Å². The summed E-state index contributed by atoms with van der Waals surface area (Å²) in [5.74, 6) is -0.800. The first-order valence-corrected chi connectivity index (χ1v) is 26.6. The minimum atomic E-state index is -1.00. The molecule has 75 heavy (non-hydrogen) atoms. The molecule has 0 saturated carbocycles. The number of carbonyl (C=O) groups is 5. The molecular weight excluding hydrogens is 995 g/mol. The summed E-state index contributed by atoms with van der Waals surface area (Å²) in [5.41, 5.74) is 8.89. The third-order valence-electron chi connectivity index (χ3n) is 13.4. The van der Waals surface area contributed by atoms with Gasteiger partial charge in [-0.15, -0.1) is 32.9 Å².